The molecule has 2 aromatic carbocycles. The second-order valence-electron chi connectivity index (χ2n) is 3.59. The number of hydrogen-bond donors (Lipinski definition) is 0. The van der Waals surface area contributed by atoms with Crippen LogP contribution in [0.25, 0.3) is 11.1 Å². The molecule has 0 heterocycles. The summed E-state index contributed by atoms with van der Waals surface area (Å²) in [5.74, 6) is 0. The minimum absolute atomic E-state index is 1.28. The molecule has 0 aliphatic rings. The van der Waals surface area contributed by atoms with E-state index in [2.05, 4.69) is 61.7 Å². The van der Waals surface area contributed by atoms with Crippen LogP contribution in [0.15, 0.2) is 98.1 Å². The first-order valence-electron chi connectivity index (χ1n) is 5.89. The minimum Gasteiger partial charge on any atom is -0.0991 e. The predicted octanol–water partition coefficient (Wildman–Crippen LogP) is 5.27. The number of hydrogen-bond acceptors (Lipinski definition) is 0. The first kappa shape index (κ1) is 13.7. The van der Waals surface area contributed by atoms with E-state index in [0.717, 1.165) is 0 Å². The Hall–Kier alpha value is -2.34. The number of benzene rings is 2. The fourth-order valence-corrected chi connectivity index (χ4v) is 1.42. The summed E-state index contributed by atoms with van der Waals surface area (Å²) in [6, 6.07) is 20.8. The fraction of sp³-hybridized carbons (Fsp3) is 0. The molecule has 0 unspecified atom stereocenters. The largest absolute Gasteiger partial charge is 0.0991 e. The maximum atomic E-state index is 3.46. The molecule has 2 rings (SSSR count). The zero-order valence-corrected chi connectivity index (χ0v) is 10.5. The summed E-state index contributed by atoms with van der Waals surface area (Å²) in [6.07, 6.45) is 7.07. The summed E-state index contributed by atoms with van der Waals surface area (Å²) in [4.78, 5) is 0. The molecule has 90 valence electrons. The topological polar surface area (TPSA) is 0 Å². The van der Waals surface area contributed by atoms with Crippen LogP contribution < -0.4 is 0 Å². The van der Waals surface area contributed by atoms with Crippen LogP contribution in [0.1, 0.15) is 0 Å². The van der Waals surface area contributed by atoms with Crippen LogP contribution in [0.3, 0.4) is 0 Å². The van der Waals surface area contributed by atoms with Crippen LogP contribution in [0.5, 0.6) is 0 Å². The SMILES string of the molecule is C=CC=CC=C.c1ccc(-c2ccccc2)cc1. The Morgan fingerprint density at radius 2 is 0.889 bits per heavy atom. The van der Waals surface area contributed by atoms with Crippen molar-refractivity contribution in [2.45, 2.75) is 0 Å². The Kier molecular flexibility index (Phi) is 6.69. The van der Waals surface area contributed by atoms with Crippen LogP contribution in [0.4, 0.5) is 0 Å². The van der Waals surface area contributed by atoms with Crippen molar-refractivity contribution in [1.82, 2.24) is 0 Å². The Labute approximate surface area is 110 Å². The standard InChI is InChI=1S/C12H10.C6H8/c1-3-7-11(8-4-1)12-9-5-2-6-10-12;1-3-5-6-4-2/h1-10H;3-6H,1-2H2. The maximum Gasteiger partial charge on any atom is -0.0184 e. The quantitative estimate of drug-likeness (QED) is 0.635. The van der Waals surface area contributed by atoms with Crippen LogP contribution in [-0.4, -0.2) is 0 Å². The summed E-state index contributed by atoms with van der Waals surface area (Å²) in [7, 11) is 0. The van der Waals surface area contributed by atoms with Crippen molar-refractivity contribution >= 4 is 0 Å². The van der Waals surface area contributed by atoms with Gasteiger partial charge in [-0.05, 0) is 11.1 Å². The molecule has 0 fully saturated rings. The van der Waals surface area contributed by atoms with E-state index in [1.165, 1.54) is 11.1 Å². The zero-order chi connectivity index (χ0) is 13.1. The molecule has 18 heavy (non-hydrogen) atoms. The van der Waals surface area contributed by atoms with E-state index in [0.29, 0.717) is 0 Å². The molecular formula is C18H18. The van der Waals surface area contributed by atoms with Crippen molar-refractivity contribution < 1.29 is 0 Å². The number of allylic oxidation sites excluding steroid dienone is 4. The third-order valence-corrected chi connectivity index (χ3v) is 2.26. The molecular weight excluding hydrogens is 216 g/mol. The van der Waals surface area contributed by atoms with E-state index in [1.807, 2.05) is 24.3 Å². The van der Waals surface area contributed by atoms with Crippen LogP contribution in [0, 0.1) is 0 Å². The van der Waals surface area contributed by atoms with Gasteiger partial charge in [-0.2, -0.15) is 0 Å². The highest BCUT2D eigenvalue weighted by Crippen LogP contribution is 2.17. The maximum absolute atomic E-state index is 3.46. The van der Waals surface area contributed by atoms with Gasteiger partial charge in [-0.25, -0.2) is 0 Å². The van der Waals surface area contributed by atoms with Crippen molar-refractivity contribution in [1.29, 1.82) is 0 Å². The Morgan fingerprint density at radius 1 is 0.556 bits per heavy atom. The van der Waals surface area contributed by atoms with Crippen LogP contribution in [0.2, 0.25) is 0 Å². The van der Waals surface area contributed by atoms with Gasteiger partial charge in [0.15, 0.2) is 0 Å². The molecule has 0 amide bonds. The van der Waals surface area contributed by atoms with Gasteiger partial charge in [0.25, 0.3) is 0 Å². The molecule has 0 radical (unpaired) electrons. The molecule has 0 spiro atoms. The van der Waals surface area contributed by atoms with E-state index in [1.54, 1.807) is 12.2 Å². The monoisotopic (exact) mass is 234 g/mol. The second kappa shape index (κ2) is 8.77. The van der Waals surface area contributed by atoms with Gasteiger partial charge in [0.1, 0.15) is 0 Å². The van der Waals surface area contributed by atoms with Crippen molar-refractivity contribution in [2.24, 2.45) is 0 Å². The molecule has 0 aromatic heterocycles. The second-order valence-corrected chi connectivity index (χ2v) is 3.59. The van der Waals surface area contributed by atoms with E-state index >= 15 is 0 Å². The molecule has 0 atom stereocenters. The van der Waals surface area contributed by atoms with Gasteiger partial charge >= 0.3 is 0 Å². The fourth-order valence-electron chi connectivity index (χ4n) is 1.42. The van der Waals surface area contributed by atoms with Gasteiger partial charge in [-0.15, -0.1) is 0 Å². The highest BCUT2D eigenvalue weighted by atomic mass is 14.0. The van der Waals surface area contributed by atoms with E-state index < -0.39 is 0 Å². The summed E-state index contributed by atoms with van der Waals surface area (Å²) in [5.41, 5.74) is 2.55. The highest BCUT2D eigenvalue weighted by molar-refractivity contribution is 5.62. The van der Waals surface area contributed by atoms with Crippen molar-refractivity contribution in [3.8, 4) is 11.1 Å². The normalized spacial score (nSPS) is 9.33. The zero-order valence-electron chi connectivity index (χ0n) is 10.5. The molecule has 0 aliphatic heterocycles. The first-order valence-corrected chi connectivity index (χ1v) is 5.89. The van der Waals surface area contributed by atoms with Crippen molar-refractivity contribution in [3.63, 3.8) is 0 Å². The third kappa shape index (κ3) is 5.13. The van der Waals surface area contributed by atoms with Gasteiger partial charge in [-0.3, -0.25) is 0 Å². The summed E-state index contributed by atoms with van der Waals surface area (Å²) < 4.78 is 0. The van der Waals surface area contributed by atoms with Crippen molar-refractivity contribution in [3.05, 3.63) is 98.1 Å². The van der Waals surface area contributed by atoms with Crippen LogP contribution in [-0.2, 0) is 0 Å². The lowest BCUT2D eigenvalue weighted by Crippen LogP contribution is -1.73. The van der Waals surface area contributed by atoms with Crippen molar-refractivity contribution in [2.75, 3.05) is 0 Å². The Bertz CT molecular complexity index is 430. The molecule has 0 N–H and O–H groups in total. The lowest BCUT2D eigenvalue weighted by molar-refractivity contribution is 1.62. The molecule has 0 bridgehead atoms. The highest BCUT2D eigenvalue weighted by Gasteiger charge is 1.91. The molecule has 0 nitrogen and oxygen atoms in total. The summed E-state index contributed by atoms with van der Waals surface area (Å²) in [5, 5.41) is 0. The van der Waals surface area contributed by atoms with Gasteiger partial charge in [0.05, 0.1) is 0 Å². The van der Waals surface area contributed by atoms with E-state index in [9.17, 15) is 0 Å². The predicted molar refractivity (Wildman–Crippen MR) is 81.4 cm³/mol. The summed E-state index contributed by atoms with van der Waals surface area (Å²) in [6.45, 7) is 6.93. The van der Waals surface area contributed by atoms with Gasteiger partial charge in [0.2, 0.25) is 0 Å². The molecule has 2 aromatic rings. The minimum atomic E-state index is 1.28. The average molecular weight is 234 g/mol. The molecule has 0 heteroatoms. The first-order chi connectivity index (χ1) is 8.88. The van der Waals surface area contributed by atoms with Crippen LogP contribution >= 0.6 is 0 Å². The molecule has 0 aliphatic carbocycles. The smallest absolute Gasteiger partial charge is 0.0184 e. The average Bonchev–Trinajstić information content (AvgIpc) is 2.48. The Morgan fingerprint density at radius 3 is 1.17 bits per heavy atom. The summed E-state index contributed by atoms with van der Waals surface area (Å²) >= 11 is 0. The van der Waals surface area contributed by atoms with E-state index in [-0.39, 0.29) is 0 Å². The molecule has 0 saturated carbocycles. The Balaban J connectivity index is 0.000000232. The lowest BCUT2D eigenvalue weighted by atomic mass is 10.1. The number of rotatable bonds is 3. The van der Waals surface area contributed by atoms with Gasteiger partial charge < -0.3 is 0 Å². The third-order valence-electron chi connectivity index (χ3n) is 2.26. The van der Waals surface area contributed by atoms with E-state index in [4.69, 9.17) is 0 Å². The van der Waals surface area contributed by atoms with Gasteiger partial charge in [-0.1, -0.05) is 98.1 Å². The van der Waals surface area contributed by atoms with Gasteiger partial charge in [0, 0.05) is 0 Å². The lowest BCUT2D eigenvalue weighted by Gasteiger charge is -1.98. The molecule has 0 saturated heterocycles.